The van der Waals surface area contributed by atoms with E-state index in [0.29, 0.717) is 17.3 Å². The maximum atomic E-state index is 10.1. The molecule has 2 heterocycles. The number of pyridine rings is 1. The number of aryl methyl sites for hydroxylation is 1. The summed E-state index contributed by atoms with van der Waals surface area (Å²) in [5.41, 5.74) is 10.3. The van der Waals surface area contributed by atoms with E-state index in [0.717, 1.165) is 55.4 Å². The molecule has 0 unspecified atom stereocenters. The van der Waals surface area contributed by atoms with Crippen LogP contribution in [0.1, 0.15) is 38.8 Å². The molecular formula is C36H31N2O+. The van der Waals surface area contributed by atoms with E-state index >= 15 is 0 Å². The van der Waals surface area contributed by atoms with Crippen LogP contribution in [0.5, 0.6) is 0 Å². The van der Waals surface area contributed by atoms with Crippen molar-refractivity contribution in [2.24, 2.45) is 7.05 Å². The Balaban J connectivity index is 1.58. The molecule has 0 spiro atoms. The van der Waals surface area contributed by atoms with Crippen molar-refractivity contribution in [3.05, 3.63) is 114 Å². The van der Waals surface area contributed by atoms with E-state index in [4.69, 9.17) is 5.79 Å². The summed E-state index contributed by atoms with van der Waals surface area (Å²) in [5.74, 6) is 0. The van der Waals surface area contributed by atoms with Gasteiger partial charge in [0.2, 0.25) is 5.69 Å². The van der Waals surface area contributed by atoms with Gasteiger partial charge in [-0.3, -0.25) is 0 Å². The second kappa shape index (κ2) is 9.26. The first-order valence-corrected chi connectivity index (χ1v) is 13.2. The fraction of sp³-hybridized carbons (Fsp3) is 0.167. The van der Waals surface area contributed by atoms with Crippen LogP contribution >= 0.6 is 0 Å². The van der Waals surface area contributed by atoms with Crippen molar-refractivity contribution in [1.29, 1.82) is 5.26 Å². The largest absolute Gasteiger partial charge is 0.454 e. The fourth-order valence-corrected chi connectivity index (χ4v) is 5.44. The molecule has 0 aliphatic rings. The summed E-state index contributed by atoms with van der Waals surface area (Å²) in [6.45, 7) is 8.72. The number of hydrogen-bond acceptors (Lipinski definition) is 2. The summed E-state index contributed by atoms with van der Waals surface area (Å²) in [5, 5.41) is 12.1. The minimum absolute atomic E-state index is 0.0925. The number of benzene rings is 4. The molecule has 3 heteroatoms. The monoisotopic (exact) mass is 508 g/mol. The Morgan fingerprint density at radius 1 is 0.769 bits per heavy atom. The van der Waals surface area contributed by atoms with Crippen molar-refractivity contribution in [3.8, 4) is 39.6 Å². The smallest absolute Gasteiger partial charge is 0.216 e. The third-order valence-electron chi connectivity index (χ3n) is 7.61. The molecular weight excluding hydrogens is 476 g/mol. The van der Waals surface area contributed by atoms with E-state index in [1.807, 2.05) is 48.0 Å². The lowest BCUT2D eigenvalue weighted by atomic mass is 9.86. The van der Waals surface area contributed by atoms with Crippen LogP contribution < -0.4 is 4.57 Å². The molecule has 0 atom stereocenters. The SMILES string of the molecule is [2H]c1cccc(-c2c(C)ccc3c2oc2c(-c4cccc(-c5ccc(C(C)(C)C)cc5)c4)c(C#N)ccc23)[n+]1C. The van der Waals surface area contributed by atoms with Crippen LogP contribution in [0.3, 0.4) is 0 Å². The molecule has 0 bridgehead atoms. The van der Waals surface area contributed by atoms with Crippen LogP contribution in [0, 0.1) is 18.3 Å². The zero-order valence-electron chi connectivity index (χ0n) is 24.0. The number of fused-ring (bicyclic) bond motifs is 3. The van der Waals surface area contributed by atoms with Gasteiger partial charge in [0.1, 0.15) is 19.6 Å². The molecule has 4 aromatic carbocycles. The van der Waals surface area contributed by atoms with Crippen molar-refractivity contribution in [2.75, 3.05) is 0 Å². The van der Waals surface area contributed by atoms with E-state index in [-0.39, 0.29) is 5.41 Å². The summed E-state index contributed by atoms with van der Waals surface area (Å²) in [6.07, 6.45) is 0.421. The van der Waals surface area contributed by atoms with Crippen LogP contribution in [-0.4, -0.2) is 0 Å². The number of furan rings is 1. The number of aromatic nitrogens is 1. The molecule has 2 aromatic heterocycles. The highest BCUT2D eigenvalue weighted by atomic mass is 16.3. The number of rotatable bonds is 3. The number of nitrogens with zero attached hydrogens (tertiary/aromatic N) is 2. The van der Waals surface area contributed by atoms with E-state index < -0.39 is 0 Å². The molecule has 39 heavy (non-hydrogen) atoms. The Hall–Kier alpha value is -4.68. The highest BCUT2D eigenvalue weighted by molar-refractivity contribution is 6.14. The molecule has 0 saturated heterocycles. The minimum atomic E-state index is 0.0925. The summed E-state index contributed by atoms with van der Waals surface area (Å²) in [7, 11) is 1.90. The third kappa shape index (κ3) is 4.19. The number of hydrogen-bond donors (Lipinski definition) is 0. The van der Waals surface area contributed by atoms with Gasteiger partial charge in [-0.05, 0) is 64.4 Å². The standard InChI is InChI=1S/C36H31N2O/c1-23-12-18-29-30-19-15-27(22-37)33(35(30)39-34(29)32(23)31-11-6-7-20-38(31)5)26-10-8-9-25(21-26)24-13-16-28(17-14-24)36(2,3)4/h6-21H,1-5H3/q+1/i20D. The topological polar surface area (TPSA) is 40.8 Å². The molecule has 6 rings (SSSR count). The van der Waals surface area contributed by atoms with Crippen molar-refractivity contribution < 1.29 is 10.4 Å². The predicted molar refractivity (Wildman–Crippen MR) is 159 cm³/mol. The summed E-state index contributed by atoms with van der Waals surface area (Å²) in [6, 6.07) is 33.2. The molecule has 0 fully saturated rings. The average molecular weight is 509 g/mol. The minimum Gasteiger partial charge on any atom is -0.454 e. The Morgan fingerprint density at radius 3 is 2.18 bits per heavy atom. The lowest BCUT2D eigenvalue weighted by molar-refractivity contribution is -0.660. The van der Waals surface area contributed by atoms with Gasteiger partial charge in [0, 0.05) is 28.5 Å². The van der Waals surface area contributed by atoms with Crippen LogP contribution in [0.15, 0.2) is 102 Å². The van der Waals surface area contributed by atoms with Crippen LogP contribution in [0.25, 0.3) is 55.4 Å². The highest BCUT2D eigenvalue weighted by Gasteiger charge is 2.23. The molecule has 0 aliphatic heterocycles. The van der Waals surface area contributed by atoms with E-state index in [1.54, 1.807) is 6.07 Å². The predicted octanol–water partition coefficient (Wildman–Crippen LogP) is 8.89. The van der Waals surface area contributed by atoms with Crippen molar-refractivity contribution in [1.82, 2.24) is 0 Å². The van der Waals surface area contributed by atoms with Gasteiger partial charge in [-0.25, -0.2) is 4.57 Å². The van der Waals surface area contributed by atoms with E-state index in [9.17, 15) is 5.26 Å². The molecule has 0 N–H and O–H groups in total. The maximum absolute atomic E-state index is 10.1. The zero-order valence-corrected chi connectivity index (χ0v) is 23.0. The van der Waals surface area contributed by atoms with Crippen molar-refractivity contribution in [2.45, 2.75) is 33.1 Å². The van der Waals surface area contributed by atoms with Gasteiger partial charge in [0.05, 0.1) is 17.2 Å². The molecule has 0 amide bonds. The zero-order chi connectivity index (χ0) is 28.2. The molecule has 0 aliphatic carbocycles. The van der Waals surface area contributed by atoms with Crippen LogP contribution in [0.4, 0.5) is 0 Å². The Labute approximate surface area is 231 Å². The fourth-order valence-electron chi connectivity index (χ4n) is 5.44. The molecule has 0 saturated carbocycles. The van der Waals surface area contributed by atoms with E-state index in [2.05, 4.69) is 82.3 Å². The quantitative estimate of drug-likeness (QED) is 0.224. The maximum Gasteiger partial charge on any atom is 0.216 e. The molecule has 6 aromatic rings. The first kappa shape index (κ1) is 23.4. The lowest BCUT2D eigenvalue weighted by Gasteiger charge is -2.19. The average Bonchev–Trinajstić information content (AvgIpc) is 3.32. The highest BCUT2D eigenvalue weighted by Crippen LogP contribution is 2.42. The molecule has 3 nitrogen and oxygen atoms in total. The van der Waals surface area contributed by atoms with E-state index in [1.165, 1.54) is 5.56 Å². The molecule has 0 radical (unpaired) electrons. The van der Waals surface area contributed by atoms with Crippen LogP contribution in [0.2, 0.25) is 0 Å². The van der Waals surface area contributed by atoms with Gasteiger partial charge < -0.3 is 4.42 Å². The van der Waals surface area contributed by atoms with Gasteiger partial charge in [-0.15, -0.1) is 0 Å². The first-order valence-electron chi connectivity index (χ1n) is 13.7. The number of nitriles is 1. The summed E-state index contributed by atoms with van der Waals surface area (Å²) < 4.78 is 16.9. The van der Waals surface area contributed by atoms with Crippen molar-refractivity contribution >= 4 is 21.9 Å². The Kier molecular flexibility index (Phi) is 5.56. The second-order valence-corrected chi connectivity index (χ2v) is 11.2. The van der Waals surface area contributed by atoms with Gasteiger partial charge in [-0.2, -0.15) is 5.26 Å². The molecule has 190 valence electrons. The van der Waals surface area contributed by atoms with Gasteiger partial charge in [0.25, 0.3) is 0 Å². The first-order chi connectivity index (χ1) is 19.2. The summed E-state index contributed by atoms with van der Waals surface area (Å²) >= 11 is 0. The lowest BCUT2D eigenvalue weighted by Crippen LogP contribution is -2.30. The Bertz CT molecular complexity index is 1970. The summed E-state index contributed by atoms with van der Waals surface area (Å²) in [4.78, 5) is 0. The van der Waals surface area contributed by atoms with Gasteiger partial charge in [-0.1, -0.05) is 75.4 Å². The third-order valence-corrected chi connectivity index (χ3v) is 7.61. The van der Waals surface area contributed by atoms with Gasteiger partial charge >= 0.3 is 0 Å². The van der Waals surface area contributed by atoms with Gasteiger partial charge in [0.15, 0.2) is 6.17 Å². The normalized spacial score (nSPS) is 12.1. The van der Waals surface area contributed by atoms with Crippen molar-refractivity contribution in [3.63, 3.8) is 0 Å². The van der Waals surface area contributed by atoms with Crippen LogP contribution in [-0.2, 0) is 12.5 Å². The Morgan fingerprint density at radius 2 is 1.46 bits per heavy atom. The second-order valence-electron chi connectivity index (χ2n) is 11.2.